The van der Waals surface area contributed by atoms with Crippen molar-refractivity contribution in [3.8, 4) is 11.5 Å². The summed E-state index contributed by atoms with van der Waals surface area (Å²) < 4.78 is 0. The molecule has 0 bridgehead atoms. The van der Waals surface area contributed by atoms with Crippen LogP contribution in [0.25, 0.3) is 0 Å². The normalized spacial score (nSPS) is 33.1. The summed E-state index contributed by atoms with van der Waals surface area (Å²) in [5.41, 5.74) is 2.22. The van der Waals surface area contributed by atoms with E-state index in [4.69, 9.17) is 0 Å². The van der Waals surface area contributed by atoms with Crippen LogP contribution in [0.2, 0.25) is 0 Å². The predicted octanol–water partition coefficient (Wildman–Crippen LogP) is 5.13. The van der Waals surface area contributed by atoms with Crippen LogP contribution in [-0.2, 0) is 4.79 Å². The molecule has 4 saturated carbocycles. The maximum atomic E-state index is 13.8. The van der Waals surface area contributed by atoms with E-state index < -0.39 is 0 Å². The van der Waals surface area contributed by atoms with Crippen LogP contribution in [0.5, 0.6) is 11.5 Å². The van der Waals surface area contributed by atoms with Gasteiger partial charge in [0.25, 0.3) is 0 Å². The van der Waals surface area contributed by atoms with Crippen LogP contribution in [0.4, 0.5) is 0 Å². The molecule has 28 heavy (non-hydrogen) atoms. The molecule has 0 radical (unpaired) electrons. The number of aromatic hydroxyl groups is 2. The van der Waals surface area contributed by atoms with Gasteiger partial charge in [-0.25, -0.2) is 0 Å². The number of benzene rings is 2. The summed E-state index contributed by atoms with van der Waals surface area (Å²) >= 11 is 0. The number of carbonyl (C=O) groups is 1. The Bertz CT molecular complexity index is 892. The second-order valence-corrected chi connectivity index (χ2v) is 9.73. The Kier molecular flexibility index (Phi) is 3.21. The monoisotopic (exact) mass is 374 g/mol. The van der Waals surface area contributed by atoms with Crippen LogP contribution < -0.4 is 0 Å². The molecule has 0 saturated heterocycles. The molecule has 3 nitrogen and oxygen atoms in total. The second kappa shape index (κ2) is 5.40. The number of phenolic OH excluding ortho intramolecular Hbond substituents is 2. The topological polar surface area (TPSA) is 57.5 Å². The zero-order chi connectivity index (χ0) is 19.1. The van der Waals surface area contributed by atoms with Crippen LogP contribution >= 0.6 is 0 Å². The lowest BCUT2D eigenvalue weighted by Gasteiger charge is -2.22. The number of Topliss-reactive ketones (excluding diaryl/α,β-unsaturated/α-hetero) is 1. The van der Waals surface area contributed by atoms with Crippen LogP contribution in [0.3, 0.4) is 0 Å². The molecule has 3 heteroatoms. The molecule has 4 unspecified atom stereocenters. The summed E-state index contributed by atoms with van der Waals surface area (Å²) in [6.45, 7) is 0. The van der Waals surface area contributed by atoms with Gasteiger partial charge in [0.05, 0.1) is 0 Å². The fourth-order valence-electron chi connectivity index (χ4n) is 6.16. The Morgan fingerprint density at radius 2 is 1.18 bits per heavy atom. The smallest absolute Gasteiger partial charge is 0.145 e. The highest BCUT2D eigenvalue weighted by molar-refractivity contribution is 5.96. The fourth-order valence-corrected chi connectivity index (χ4v) is 6.16. The third kappa shape index (κ3) is 2.38. The second-order valence-electron chi connectivity index (χ2n) is 9.73. The predicted molar refractivity (Wildman–Crippen MR) is 106 cm³/mol. The van der Waals surface area contributed by atoms with Gasteiger partial charge in [-0.15, -0.1) is 0 Å². The summed E-state index contributed by atoms with van der Waals surface area (Å²) in [4.78, 5) is 13.8. The summed E-state index contributed by atoms with van der Waals surface area (Å²) in [5, 5.41) is 19.6. The third-order valence-corrected chi connectivity index (χ3v) is 8.08. The van der Waals surface area contributed by atoms with Gasteiger partial charge in [0, 0.05) is 10.8 Å². The van der Waals surface area contributed by atoms with Crippen LogP contribution in [0.1, 0.15) is 61.5 Å². The molecule has 0 aliphatic heterocycles. The van der Waals surface area contributed by atoms with E-state index in [1.54, 1.807) is 12.1 Å². The molecule has 2 aromatic rings. The first-order chi connectivity index (χ1) is 13.5. The van der Waals surface area contributed by atoms with Crippen molar-refractivity contribution < 1.29 is 15.0 Å². The molecule has 4 aliphatic rings. The summed E-state index contributed by atoms with van der Waals surface area (Å²) in [5.74, 6) is 3.02. The lowest BCUT2D eigenvalue weighted by Crippen LogP contribution is -2.30. The number of ketones is 1. The van der Waals surface area contributed by atoms with Crippen molar-refractivity contribution in [2.24, 2.45) is 22.7 Å². The number of hydrogen-bond acceptors (Lipinski definition) is 3. The molecular formula is C25H26O3. The van der Waals surface area contributed by atoms with Gasteiger partial charge in [-0.2, -0.15) is 0 Å². The number of carbonyl (C=O) groups excluding carboxylic acids is 1. The third-order valence-electron chi connectivity index (χ3n) is 8.08. The number of rotatable bonds is 6. The highest BCUT2D eigenvalue weighted by Crippen LogP contribution is 2.76. The first-order valence-electron chi connectivity index (χ1n) is 10.7. The molecule has 0 heterocycles. The van der Waals surface area contributed by atoms with Crippen molar-refractivity contribution in [1.29, 1.82) is 0 Å². The maximum Gasteiger partial charge on any atom is 0.145 e. The minimum Gasteiger partial charge on any atom is -0.508 e. The van der Waals surface area contributed by atoms with E-state index >= 15 is 0 Å². The quantitative estimate of drug-likeness (QED) is 0.736. The highest BCUT2D eigenvalue weighted by atomic mass is 16.3. The van der Waals surface area contributed by atoms with E-state index in [1.807, 2.05) is 24.3 Å². The molecule has 0 amide bonds. The Labute approximate surface area is 165 Å². The van der Waals surface area contributed by atoms with E-state index in [0.717, 1.165) is 38.5 Å². The largest absolute Gasteiger partial charge is 0.508 e. The van der Waals surface area contributed by atoms with Crippen molar-refractivity contribution in [1.82, 2.24) is 0 Å². The van der Waals surface area contributed by atoms with Gasteiger partial charge in [-0.05, 0) is 97.6 Å². The van der Waals surface area contributed by atoms with Gasteiger partial charge in [0.1, 0.15) is 17.3 Å². The first kappa shape index (κ1) is 16.6. The average Bonchev–Trinajstić information content (AvgIpc) is 3.54. The van der Waals surface area contributed by atoms with Gasteiger partial charge < -0.3 is 10.2 Å². The molecule has 6 rings (SSSR count). The first-order valence-corrected chi connectivity index (χ1v) is 10.7. The van der Waals surface area contributed by atoms with Crippen molar-refractivity contribution in [3.63, 3.8) is 0 Å². The molecule has 4 fully saturated rings. The number of hydrogen-bond donors (Lipinski definition) is 2. The zero-order valence-electron chi connectivity index (χ0n) is 16.0. The van der Waals surface area contributed by atoms with Crippen molar-refractivity contribution >= 4 is 5.78 Å². The lowest BCUT2D eigenvalue weighted by molar-refractivity contribution is -0.131. The van der Waals surface area contributed by atoms with Crippen LogP contribution in [0, 0.1) is 22.7 Å². The van der Waals surface area contributed by atoms with Crippen molar-refractivity contribution in [3.05, 3.63) is 59.7 Å². The Hall–Kier alpha value is -2.29. The molecule has 2 N–H and O–H groups in total. The van der Waals surface area contributed by atoms with E-state index in [9.17, 15) is 15.0 Å². The summed E-state index contributed by atoms with van der Waals surface area (Å²) in [6.07, 6.45) is 6.39. The highest BCUT2D eigenvalue weighted by Gasteiger charge is 2.73. The van der Waals surface area contributed by atoms with Crippen molar-refractivity contribution in [2.75, 3.05) is 0 Å². The van der Waals surface area contributed by atoms with Crippen molar-refractivity contribution in [2.45, 2.75) is 50.4 Å². The van der Waals surface area contributed by atoms with E-state index in [1.165, 1.54) is 11.1 Å². The molecule has 2 aromatic carbocycles. The Morgan fingerprint density at radius 1 is 0.750 bits per heavy atom. The Balaban J connectivity index is 1.21. The van der Waals surface area contributed by atoms with E-state index in [-0.39, 0.29) is 10.8 Å². The minimum absolute atomic E-state index is 0.0847. The molecule has 0 aromatic heterocycles. The molecule has 4 aliphatic carbocycles. The SMILES string of the molecule is O=C(C1(C2CC2c2cccc(O)c2)CC1)C1(C2CC2c2cccc(O)c2)CC1. The Morgan fingerprint density at radius 3 is 1.54 bits per heavy atom. The average molecular weight is 374 g/mol. The van der Waals surface area contributed by atoms with Gasteiger partial charge in [-0.3, -0.25) is 4.79 Å². The van der Waals surface area contributed by atoms with E-state index in [0.29, 0.717) is 41.0 Å². The van der Waals surface area contributed by atoms with Crippen LogP contribution in [0.15, 0.2) is 48.5 Å². The minimum atomic E-state index is -0.0847. The van der Waals surface area contributed by atoms with Gasteiger partial charge in [0.15, 0.2) is 0 Å². The van der Waals surface area contributed by atoms with E-state index in [2.05, 4.69) is 12.1 Å². The molecular weight excluding hydrogens is 348 g/mol. The fraction of sp³-hybridized carbons (Fsp3) is 0.480. The van der Waals surface area contributed by atoms with Gasteiger partial charge in [0.2, 0.25) is 0 Å². The standard InChI is InChI=1S/C25H26O3/c26-17-5-1-3-15(11-17)19-13-21(19)24(7-8-24)23(28)25(9-10-25)22-14-20(22)16-4-2-6-18(27)12-16/h1-6,11-12,19-22,26-27H,7-10,13-14H2. The zero-order valence-corrected chi connectivity index (χ0v) is 16.0. The molecule has 144 valence electrons. The molecule has 4 atom stereocenters. The summed E-state index contributed by atoms with van der Waals surface area (Å²) in [7, 11) is 0. The van der Waals surface area contributed by atoms with Gasteiger partial charge >= 0.3 is 0 Å². The molecule has 0 spiro atoms. The lowest BCUT2D eigenvalue weighted by atomic mass is 9.79. The summed E-state index contributed by atoms with van der Waals surface area (Å²) in [6, 6.07) is 15.2. The maximum absolute atomic E-state index is 13.8. The van der Waals surface area contributed by atoms with Gasteiger partial charge in [-0.1, -0.05) is 24.3 Å². The number of phenols is 2. The van der Waals surface area contributed by atoms with Crippen LogP contribution in [-0.4, -0.2) is 16.0 Å².